The van der Waals surface area contributed by atoms with Crippen molar-refractivity contribution in [2.45, 2.75) is 50.1 Å². The lowest BCUT2D eigenvalue weighted by Crippen LogP contribution is -2.60. The number of rotatable bonds is 3. The van der Waals surface area contributed by atoms with Crippen LogP contribution in [0.1, 0.15) is 38.5 Å². The molecule has 0 aromatic heterocycles. The third kappa shape index (κ3) is 2.89. The van der Waals surface area contributed by atoms with Crippen molar-refractivity contribution in [3.05, 3.63) is 0 Å². The van der Waals surface area contributed by atoms with E-state index in [4.69, 9.17) is 0 Å². The second-order valence-electron chi connectivity index (χ2n) is 5.20. The van der Waals surface area contributed by atoms with Crippen LogP contribution in [-0.2, 0) is 14.4 Å². The number of nitrogens with one attached hydrogen (secondary N) is 3. The molecule has 1 unspecified atom stereocenters. The molecule has 1 saturated heterocycles. The summed E-state index contributed by atoms with van der Waals surface area (Å²) in [6.45, 7) is 0. The zero-order valence-electron chi connectivity index (χ0n) is 10.9. The molecular formula is C12H17N3O5. The molecule has 0 radical (unpaired) electrons. The summed E-state index contributed by atoms with van der Waals surface area (Å²) in [6, 6.07) is -1.50. The summed E-state index contributed by atoms with van der Waals surface area (Å²) < 4.78 is 0. The van der Waals surface area contributed by atoms with Gasteiger partial charge in [0, 0.05) is 6.42 Å². The first kappa shape index (κ1) is 14.3. The van der Waals surface area contributed by atoms with Gasteiger partial charge in [-0.2, -0.15) is 0 Å². The Balaban J connectivity index is 1.93. The molecule has 2 fully saturated rings. The Morgan fingerprint density at radius 2 is 1.90 bits per heavy atom. The molecule has 0 aromatic rings. The first-order valence-electron chi connectivity index (χ1n) is 6.59. The first-order valence-corrected chi connectivity index (χ1v) is 6.59. The number of carboxylic acid groups (broad SMARTS) is 1. The molecule has 0 aromatic carbocycles. The molecule has 4 amide bonds. The van der Waals surface area contributed by atoms with Crippen LogP contribution >= 0.6 is 0 Å². The molecule has 8 heteroatoms. The molecule has 20 heavy (non-hydrogen) atoms. The van der Waals surface area contributed by atoms with E-state index in [1.807, 2.05) is 0 Å². The highest BCUT2D eigenvalue weighted by Gasteiger charge is 2.43. The van der Waals surface area contributed by atoms with E-state index in [0.29, 0.717) is 12.8 Å². The Kier molecular flexibility index (Phi) is 3.91. The highest BCUT2D eigenvalue weighted by Crippen LogP contribution is 2.29. The smallest absolute Gasteiger partial charge is 0.329 e. The van der Waals surface area contributed by atoms with E-state index in [0.717, 1.165) is 12.8 Å². The fourth-order valence-electron chi connectivity index (χ4n) is 2.61. The Hall–Kier alpha value is -2.12. The van der Waals surface area contributed by atoms with Crippen molar-refractivity contribution in [2.24, 2.45) is 0 Å². The maximum absolute atomic E-state index is 11.9. The van der Waals surface area contributed by atoms with Crippen molar-refractivity contribution >= 4 is 23.8 Å². The van der Waals surface area contributed by atoms with Crippen molar-refractivity contribution < 1.29 is 24.3 Å². The first-order chi connectivity index (χ1) is 9.43. The summed E-state index contributed by atoms with van der Waals surface area (Å²) in [7, 11) is 0. The van der Waals surface area contributed by atoms with Crippen molar-refractivity contribution in [1.29, 1.82) is 0 Å². The minimum atomic E-state index is -1.24. The molecule has 1 aliphatic carbocycles. The molecule has 0 bridgehead atoms. The van der Waals surface area contributed by atoms with Gasteiger partial charge in [0.25, 0.3) is 0 Å². The van der Waals surface area contributed by atoms with E-state index in [1.165, 1.54) is 0 Å². The Bertz CT molecular complexity index is 456. The molecule has 1 atom stereocenters. The van der Waals surface area contributed by atoms with Crippen LogP contribution in [-0.4, -0.2) is 40.5 Å². The molecule has 2 aliphatic rings. The summed E-state index contributed by atoms with van der Waals surface area (Å²) in [6.07, 6.45) is 2.62. The molecule has 1 saturated carbocycles. The van der Waals surface area contributed by atoms with Crippen LogP contribution in [0.5, 0.6) is 0 Å². The zero-order valence-corrected chi connectivity index (χ0v) is 10.9. The number of carboxylic acids is 1. The fraction of sp³-hybridized carbons (Fsp3) is 0.667. The maximum Gasteiger partial charge on any atom is 0.329 e. The van der Waals surface area contributed by atoms with Crippen LogP contribution in [0.2, 0.25) is 0 Å². The number of urea groups is 1. The normalized spacial score (nSPS) is 24.9. The number of amides is 4. The van der Waals surface area contributed by atoms with E-state index in [-0.39, 0.29) is 18.7 Å². The lowest BCUT2D eigenvalue weighted by molar-refractivity contribution is -0.144. The number of piperidine rings is 1. The van der Waals surface area contributed by atoms with Gasteiger partial charge in [0.2, 0.25) is 11.8 Å². The second kappa shape index (κ2) is 5.48. The lowest BCUT2D eigenvalue weighted by atomic mass is 9.98. The summed E-state index contributed by atoms with van der Waals surface area (Å²) in [5.74, 6) is -1.99. The average Bonchev–Trinajstić information content (AvgIpc) is 2.82. The van der Waals surface area contributed by atoms with E-state index >= 15 is 0 Å². The van der Waals surface area contributed by atoms with Crippen molar-refractivity contribution in [3.8, 4) is 0 Å². The van der Waals surface area contributed by atoms with Crippen molar-refractivity contribution in [1.82, 2.24) is 16.0 Å². The molecular weight excluding hydrogens is 266 g/mol. The van der Waals surface area contributed by atoms with Crippen LogP contribution < -0.4 is 16.0 Å². The minimum Gasteiger partial charge on any atom is -0.480 e. The summed E-state index contributed by atoms with van der Waals surface area (Å²) in [5.41, 5.74) is -1.24. The second-order valence-corrected chi connectivity index (χ2v) is 5.20. The minimum absolute atomic E-state index is 0.154. The molecule has 4 N–H and O–H groups in total. The van der Waals surface area contributed by atoms with Crippen molar-refractivity contribution in [2.75, 3.05) is 0 Å². The summed E-state index contributed by atoms with van der Waals surface area (Å²) >= 11 is 0. The number of hydrogen-bond donors (Lipinski definition) is 4. The number of hydrogen-bond acceptors (Lipinski definition) is 4. The number of carbonyl (C=O) groups excluding carboxylic acids is 3. The van der Waals surface area contributed by atoms with Gasteiger partial charge in [-0.05, 0) is 19.3 Å². The van der Waals surface area contributed by atoms with Gasteiger partial charge in [-0.25, -0.2) is 9.59 Å². The van der Waals surface area contributed by atoms with E-state index in [2.05, 4.69) is 16.0 Å². The van der Waals surface area contributed by atoms with Gasteiger partial charge >= 0.3 is 12.0 Å². The predicted octanol–water partition coefficient (Wildman–Crippen LogP) is -0.512. The molecule has 2 rings (SSSR count). The van der Waals surface area contributed by atoms with Crippen LogP contribution in [0.3, 0.4) is 0 Å². The Morgan fingerprint density at radius 1 is 1.25 bits per heavy atom. The van der Waals surface area contributed by atoms with E-state index in [1.54, 1.807) is 0 Å². The largest absolute Gasteiger partial charge is 0.480 e. The van der Waals surface area contributed by atoms with Crippen LogP contribution in [0.25, 0.3) is 0 Å². The summed E-state index contributed by atoms with van der Waals surface area (Å²) in [5, 5.41) is 16.2. The molecule has 8 nitrogen and oxygen atoms in total. The monoisotopic (exact) mass is 283 g/mol. The van der Waals surface area contributed by atoms with Gasteiger partial charge in [0.1, 0.15) is 11.6 Å². The topological polar surface area (TPSA) is 125 Å². The third-order valence-electron chi connectivity index (χ3n) is 3.76. The maximum atomic E-state index is 11.9. The van der Waals surface area contributed by atoms with E-state index < -0.39 is 29.5 Å². The Morgan fingerprint density at radius 3 is 2.45 bits per heavy atom. The number of imide groups is 1. The fourth-order valence-corrected chi connectivity index (χ4v) is 2.61. The SMILES string of the molecule is O=C1CCC(NC(=O)NC2(C(=O)O)CCCC2)C(=O)N1. The standard InChI is InChI=1S/C12H17N3O5/c16-8-4-3-7(9(17)14-8)13-11(20)15-12(10(18)19)5-1-2-6-12/h7H,1-6H2,(H,18,19)(H2,13,15,20)(H,14,16,17). The van der Waals surface area contributed by atoms with Gasteiger partial charge in [0.15, 0.2) is 0 Å². The van der Waals surface area contributed by atoms with Crippen LogP contribution in [0.4, 0.5) is 4.79 Å². The highest BCUT2D eigenvalue weighted by molar-refractivity contribution is 6.01. The highest BCUT2D eigenvalue weighted by atomic mass is 16.4. The Labute approximate surface area is 115 Å². The van der Waals surface area contributed by atoms with Crippen LogP contribution in [0.15, 0.2) is 0 Å². The van der Waals surface area contributed by atoms with Gasteiger partial charge in [-0.1, -0.05) is 12.8 Å². The van der Waals surface area contributed by atoms with E-state index in [9.17, 15) is 24.3 Å². The lowest BCUT2D eigenvalue weighted by Gasteiger charge is -2.28. The molecule has 1 heterocycles. The average molecular weight is 283 g/mol. The number of carbonyl (C=O) groups is 4. The molecule has 1 aliphatic heterocycles. The summed E-state index contributed by atoms with van der Waals surface area (Å²) in [4.78, 5) is 45.6. The van der Waals surface area contributed by atoms with Crippen molar-refractivity contribution in [3.63, 3.8) is 0 Å². The van der Waals surface area contributed by atoms with Crippen LogP contribution in [0, 0.1) is 0 Å². The predicted molar refractivity (Wildman–Crippen MR) is 66.7 cm³/mol. The van der Waals surface area contributed by atoms with Gasteiger partial charge in [0.05, 0.1) is 0 Å². The number of aliphatic carboxylic acids is 1. The molecule has 0 spiro atoms. The molecule has 110 valence electrons. The van der Waals surface area contributed by atoms with Gasteiger partial charge in [-0.3, -0.25) is 14.9 Å². The van der Waals surface area contributed by atoms with Gasteiger partial charge in [-0.15, -0.1) is 0 Å². The quantitative estimate of drug-likeness (QED) is 0.519. The third-order valence-corrected chi connectivity index (χ3v) is 3.76. The zero-order chi connectivity index (χ0) is 14.8. The van der Waals surface area contributed by atoms with Gasteiger partial charge < -0.3 is 15.7 Å².